The van der Waals surface area contributed by atoms with Gasteiger partial charge in [0.1, 0.15) is 5.76 Å². The number of amides is 3. The van der Waals surface area contributed by atoms with Crippen molar-refractivity contribution in [1.29, 1.82) is 0 Å². The van der Waals surface area contributed by atoms with Crippen molar-refractivity contribution in [2.45, 2.75) is 26.4 Å². The van der Waals surface area contributed by atoms with Crippen LogP contribution >= 0.6 is 0 Å². The standard InChI is InChI=1S/C18H24N4O3/c1-13(2)22(3)15-7-4-6-14(10-15)21-17(23)12-20-18(24)19-11-16-8-5-9-25-16/h4-10,13H,11-12H2,1-3H3,(H,21,23)(H2,19,20,24). The molecule has 2 aromatic rings. The molecule has 0 radical (unpaired) electrons. The van der Waals surface area contributed by atoms with Gasteiger partial charge in [0.2, 0.25) is 5.91 Å². The molecule has 25 heavy (non-hydrogen) atoms. The molecular weight excluding hydrogens is 320 g/mol. The van der Waals surface area contributed by atoms with Crippen molar-refractivity contribution in [2.75, 3.05) is 23.8 Å². The number of nitrogens with zero attached hydrogens (tertiary/aromatic N) is 1. The zero-order valence-corrected chi connectivity index (χ0v) is 14.7. The van der Waals surface area contributed by atoms with Gasteiger partial charge >= 0.3 is 6.03 Å². The summed E-state index contributed by atoms with van der Waals surface area (Å²) in [6.45, 7) is 4.34. The Hall–Kier alpha value is -2.96. The molecule has 0 bridgehead atoms. The first-order chi connectivity index (χ1) is 12.0. The summed E-state index contributed by atoms with van der Waals surface area (Å²) in [5, 5.41) is 7.89. The van der Waals surface area contributed by atoms with E-state index >= 15 is 0 Å². The molecule has 0 saturated carbocycles. The average molecular weight is 344 g/mol. The summed E-state index contributed by atoms with van der Waals surface area (Å²) in [5.74, 6) is 0.350. The maximum atomic E-state index is 12.0. The van der Waals surface area contributed by atoms with Crippen LogP contribution in [0.4, 0.5) is 16.2 Å². The van der Waals surface area contributed by atoms with E-state index in [-0.39, 0.29) is 19.0 Å². The molecule has 7 heteroatoms. The molecule has 0 fully saturated rings. The second-order valence-electron chi connectivity index (χ2n) is 5.92. The Balaban J connectivity index is 1.78. The van der Waals surface area contributed by atoms with E-state index in [1.54, 1.807) is 12.1 Å². The molecule has 0 saturated heterocycles. The molecule has 0 atom stereocenters. The fraction of sp³-hybridized carbons (Fsp3) is 0.333. The van der Waals surface area contributed by atoms with E-state index in [4.69, 9.17) is 4.42 Å². The monoisotopic (exact) mass is 344 g/mol. The van der Waals surface area contributed by atoms with Crippen molar-refractivity contribution >= 4 is 23.3 Å². The Kier molecular flexibility index (Phi) is 6.45. The smallest absolute Gasteiger partial charge is 0.315 e. The molecule has 0 aliphatic rings. The fourth-order valence-electron chi connectivity index (χ4n) is 2.11. The number of anilines is 2. The Labute approximate surface area is 147 Å². The van der Waals surface area contributed by atoms with E-state index in [9.17, 15) is 9.59 Å². The van der Waals surface area contributed by atoms with Gasteiger partial charge in [-0.2, -0.15) is 0 Å². The van der Waals surface area contributed by atoms with Crippen LogP contribution in [0.15, 0.2) is 47.1 Å². The van der Waals surface area contributed by atoms with Crippen LogP contribution in [0.25, 0.3) is 0 Å². The molecule has 3 N–H and O–H groups in total. The van der Waals surface area contributed by atoms with E-state index in [0.717, 1.165) is 5.69 Å². The predicted octanol–water partition coefficient (Wildman–Crippen LogP) is 2.56. The van der Waals surface area contributed by atoms with Gasteiger partial charge in [-0.15, -0.1) is 0 Å². The molecule has 134 valence electrons. The summed E-state index contributed by atoms with van der Waals surface area (Å²) in [6.07, 6.45) is 1.53. The first kappa shape index (κ1) is 18.4. The third kappa shape index (κ3) is 5.87. The lowest BCUT2D eigenvalue weighted by atomic mass is 10.2. The maximum Gasteiger partial charge on any atom is 0.315 e. The number of carbonyl (C=O) groups excluding carboxylic acids is 2. The molecular formula is C18H24N4O3. The lowest BCUT2D eigenvalue weighted by molar-refractivity contribution is -0.115. The number of rotatable bonds is 7. The quantitative estimate of drug-likeness (QED) is 0.720. The largest absolute Gasteiger partial charge is 0.467 e. The zero-order chi connectivity index (χ0) is 18.2. The number of carbonyl (C=O) groups is 2. The number of nitrogens with one attached hydrogen (secondary N) is 3. The number of hydrogen-bond donors (Lipinski definition) is 3. The van der Waals surface area contributed by atoms with Crippen LogP contribution in [-0.2, 0) is 11.3 Å². The maximum absolute atomic E-state index is 12.0. The van der Waals surface area contributed by atoms with Crippen molar-refractivity contribution in [3.8, 4) is 0 Å². The summed E-state index contributed by atoms with van der Waals surface area (Å²) in [7, 11) is 2.00. The molecule has 1 aromatic carbocycles. The topological polar surface area (TPSA) is 86.6 Å². The first-order valence-electron chi connectivity index (χ1n) is 8.12. The van der Waals surface area contributed by atoms with E-state index in [0.29, 0.717) is 17.5 Å². The highest BCUT2D eigenvalue weighted by atomic mass is 16.3. The third-order valence-electron chi connectivity index (χ3n) is 3.72. The second-order valence-corrected chi connectivity index (χ2v) is 5.92. The van der Waals surface area contributed by atoms with Gasteiger partial charge in [0, 0.05) is 24.5 Å². The highest BCUT2D eigenvalue weighted by Gasteiger charge is 2.09. The Morgan fingerprint density at radius 2 is 1.96 bits per heavy atom. The van der Waals surface area contributed by atoms with Crippen LogP contribution in [0.2, 0.25) is 0 Å². The molecule has 1 heterocycles. The van der Waals surface area contributed by atoms with Gasteiger partial charge in [0.05, 0.1) is 19.4 Å². The fourth-order valence-corrected chi connectivity index (χ4v) is 2.11. The minimum atomic E-state index is -0.431. The van der Waals surface area contributed by atoms with E-state index in [1.807, 2.05) is 31.3 Å². The van der Waals surface area contributed by atoms with Gasteiger partial charge < -0.3 is 25.3 Å². The average Bonchev–Trinajstić information content (AvgIpc) is 3.11. The highest BCUT2D eigenvalue weighted by Crippen LogP contribution is 2.19. The van der Waals surface area contributed by atoms with Gasteiger partial charge in [-0.25, -0.2) is 4.79 Å². The van der Waals surface area contributed by atoms with Crippen molar-refractivity contribution < 1.29 is 14.0 Å². The van der Waals surface area contributed by atoms with Crippen molar-refractivity contribution in [3.63, 3.8) is 0 Å². The van der Waals surface area contributed by atoms with Crippen LogP contribution in [0.1, 0.15) is 19.6 Å². The molecule has 0 aliphatic heterocycles. The minimum absolute atomic E-state index is 0.117. The molecule has 7 nitrogen and oxygen atoms in total. The summed E-state index contributed by atoms with van der Waals surface area (Å²) in [5.41, 5.74) is 1.70. The Bertz CT molecular complexity index is 698. The number of hydrogen-bond acceptors (Lipinski definition) is 4. The van der Waals surface area contributed by atoms with Crippen LogP contribution in [0.5, 0.6) is 0 Å². The molecule has 0 unspecified atom stereocenters. The third-order valence-corrected chi connectivity index (χ3v) is 3.72. The summed E-state index contributed by atoms with van der Waals surface area (Å²) in [4.78, 5) is 25.7. The molecule has 1 aromatic heterocycles. The summed E-state index contributed by atoms with van der Waals surface area (Å²) in [6, 6.07) is 11.0. The first-order valence-corrected chi connectivity index (χ1v) is 8.12. The SMILES string of the molecule is CC(C)N(C)c1cccc(NC(=O)CNC(=O)NCc2ccco2)c1. The van der Waals surface area contributed by atoms with Gasteiger partial charge in [0.25, 0.3) is 0 Å². The summed E-state index contributed by atoms with van der Waals surface area (Å²) < 4.78 is 5.11. The van der Waals surface area contributed by atoms with Gasteiger partial charge in [-0.1, -0.05) is 6.07 Å². The lowest BCUT2D eigenvalue weighted by Gasteiger charge is -2.24. The van der Waals surface area contributed by atoms with E-state index < -0.39 is 6.03 Å². The lowest BCUT2D eigenvalue weighted by Crippen LogP contribution is -2.39. The molecule has 0 aliphatic carbocycles. The van der Waals surface area contributed by atoms with Gasteiger partial charge in [-0.05, 0) is 44.2 Å². The van der Waals surface area contributed by atoms with Crippen LogP contribution in [0.3, 0.4) is 0 Å². The number of benzene rings is 1. The highest BCUT2D eigenvalue weighted by molar-refractivity contribution is 5.94. The zero-order valence-electron chi connectivity index (χ0n) is 14.7. The molecule has 3 amide bonds. The number of furan rings is 1. The van der Waals surface area contributed by atoms with Gasteiger partial charge in [0.15, 0.2) is 0 Å². The van der Waals surface area contributed by atoms with E-state index in [1.165, 1.54) is 6.26 Å². The van der Waals surface area contributed by atoms with Crippen LogP contribution in [0, 0.1) is 0 Å². The van der Waals surface area contributed by atoms with Crippen LogP contribution < -0.4 is 20.9 Å². The van der Waals surface area contributed by atoms with Crippen molar-refractivity contribution in [1.82, 2.24) is 10.6 Å². The Morgan fingerprint density at radius 3 is 2.64 bits per heavy atom. The Morgan fingerprint density at radius 1 is 1.16 bits per heavy atom. The predicted molar refractivity (Wildman–Crippen MR) is 97.6 cm³/mol. The van der Waals surface area contributed by atoms with E-state index in [2.05, 4.69) is 34.7 Å². The normalized spacial score (nSPS) is 10.4. The van der Waals surface area contributed by atoms with Gasteiger partial charge in [-0.3, -0.25) is 4.79 Å². The van der Waals surface area contributed by atoms with Crippen molar-refractivity contribution in [2.24, 2.45) is 0 Å². The minimum Gasteiger partial charge on any atom is -0.467 e. The molecule has 0 spiro atoms. The molecule has 2 rings (SSSR count). The van der Waals surface area contributed by atoms with Crippen LogP contribution in [-0.4, -0.2) is 31.6 Å². The number of urea groups is 1. The van der Waals surface area contributed by atoms with Crippen molar-refractivity contribution in [3.05, 3.63) is 48.4 Å². The summed E-state index contributed by atoms with van der Waals surface area (Å²) >= 11 is 0. The second kappa shape index (κ2) is 8.77.